The predicted molar refractivity (Wildman–Crippen MR) is 79.3 cm³/mol. The lowest BCUT2D eigenvalue weighted by Crippen LogP contribution is -2.34. The van der Waals surface area contributed by atoms with Gasteiger partial charge in [0, 0.05) is 17.8 Å². The number of sulfonamides is 1. The van der Waals surface area contributed by atoms with Gasteiger partial charge in [0.15, 0.2) is 4.90 Å². The van der Waals surface area contributed by atoms with E-state index in [0.717, 1.165) is 25.0 Å². The monoisotopic (exact) mass is 313 g/mol. The van der Waals surface area contributed by atoms with Crippen LogP contribution in [0.1, 0.15) is 33.1 Å². The van der Waals surface area contributed by atoms with Crippen LogP contribution in [-0.2, 0) is 10.0 Å². The highest BCUT2D eigenvalue weighted by molar-refractivity contribution is 7.89. The quantitative estimate of drug-likeness (QED) is 0.501. The second kappa shape index (κ2) is 5.27. The molecule has 0 bridgehead atoms. The summed E-state index contributed by atoms with van der Waals surface area (Å²) in [5.41, 5.74) is 5.35. The third-order valence-electron chi connectivity index (χ3n) is 3.76. The molecule has 1 aromatic rings. The van der Waals surface area contributed by atoms with Crippen molar-refractivity contribution in [2.75, 3.05) is 5.73 Å². The predicted octanol–water partition coefficient (Wildman–Crippen LogP) is 2.03. The summed E-state index contributed by atoms with van der Waals surface area (Å²) in [5, 5.41) is 11.0. The highest BCUT2D eigenvalue weighted by Gasteiger charge is 2.35. The summed E-state index contributed by atoms with van der Waals surface area (Å²) in [6, 6.07) is 3.35. The molecule has 1 fully saturated rings. The first-order valence-electron chi connectivity index (χ1n) is 6.67. The van der Waals surface area contributed by atoms with Crippen LogP contribution in [0.15, 0.2) is 23.1 Å². The van der Waals surface area contributed by atoms with Crippen LogP contribution in [0.2, 0.25) is 0 Å². The number of anilines is 1. The largest absolute Gasteiger partial charge is 0.399 e. The third kappa shape index (κ3) is 3.51. The van der Waals surface area contributed by atoms with Gasteiger partial charge in [-0.05, 0) is 36.8 Å². The lowest BCUT2D eigenvalue weighted by atomic mass is 9.92. The molecule has 3 N–H and O–H groups in total. The second-order valence-corrected chi connectivity index (χ2v) is 7.89. The number of nitrogens with one attached hydrogen (secondary N) is 1. The molecule has 21 heavy (non-hydrogen) atoms. The van der Waals surface area contributed by atoms with Gasteiger partial charge in [-0.15, -0.1) is 0 Å². The molecule has 1 atom stereocenters. The molecule has 1 aromatic carbocycles. The van der Waals surface area contributed by atoms with Gasteiger partial charge in [-0.3, -0.25) is 10.1 Å². The molecule has 116 valence electrons. The fourth-order valence-electron chi connectivity index (χ4n) is 2.72. The van der Waals surface area contributed by atoms with E-state index in [2.05, 4.69) is 18.6 Å². The highest BCUT2D eigenvalue weighted by atomic mass is 32.2. The molecule has 1 saturated carbocycles. The van der Waals surface area contributed by atoms with Crippen molar-refractivity contribution in [2.45, 2.75) is 44.0 Å². The van der Waals surface area contributed by atoms with Gasteiger partial charge in [-0.2, -0.15) is 0 Å². The number of rotatable bonds is 4. The molecule has 0 heterocycles. The number of nitrogens with zero attached hydrogens (tertiary/aromatic N) is 1. The molecule has 0 aliphatic heterocycles. The smallest absolute Gasteiger partial charge is 0.289 e. The van der Waals surface area contributed by atoms with Gasteiger partial charge in [0.25, 0.3) is 5.69 Å². The number of nitro benzene ring substituents is 1. The van der Waals surface area contributed by atoms with Crippen molar-refractivity contribution in [2.24, 2.45) is 5.41 Å². The molecule has 1 aliphatic carbocycles. The molecule has 7 nitrogen and oxygen atoms in total. The second-order valence-electron chi connectivity index (χ2n) is 6.21. The maximum absolute atomic E-state index is 12.4. The summed E-state index contributed by atoms with van der Waals surface area (Å²) < 4.78 is 27.4. The normalized spacial score (nSPS) is 21.3. The Labute approximate surface area is 123 Å². The minimum atomic E-state index is -3.96. The van der Waals surface area contributed by atoms with Crippen molar-refractivity contribution >= 4 is 21.4 Å². The Balaban J connectivity index is 2.32. The van der Waals surface area contributed by atoms with Crippen LogP contribution in [-0.4, -0.2) is 19.4 Å². The molecule has 2 rings (SSSR count). The van der Waals surface area contributed by atoms with Gasteiger partial charge in [-0.25, -0.2) is 13.1 Å². The van der Waals surface area contributed by atoms with Crippen molar-refractivity contribution in [3.8, 4) is 0 Å². The lowest BCUT2D eigenvalue weighted by Gasteiger charge is -2.18. The molecule has 1 aliphatic rings. The zero-order valence-electron chi connectivity index (χ0n) is 12.0. The average molecular weight is 313 g/mol. The van der Waals surface area contributed by atoms with E-state index in [-0.39, 0.29) is 22.0 Å². The first-order chi connectivity index (χ1) is 9.61. The van der Waals surface area contributed by atoms with Gasteiger partial charge < -0.3 is 5.73 Å². The van der Waals surface area contributed by atoms with Crippen LogP contribution in [0.5, 0.6) is 0 Å². The Kier molecular flexibility index (Phi) is 3.94. The van der Waals surface area contributed by atoms with Crippen LogP contribution in [0.3, 0.4) is 0 Å². The Morgan fingerprint density at radius 3 is 2.62 bits per heavy atom. The number of hydrogen-bond donors (Lipinski definition) is 2. The standard InChI is InChI=1S/C13H19N3O4S/c1-13(2)6-5-10(8-13)15-21(19,20)12-7-9(14)3-4-11(12)16(17)18/h3-4,7,10,15H,5-6,8,14H2,1-2H3. The van der Waals surface area contributed by atoms with E-state index in [9.17, 15) is 18.5 Å². The lowest BCUT2D eigenvalue weighted by molar-refractivity contribution is -0.387. The summed E-state index contributed by atoms with van der Waals surface area (Å²) >= 11 is 0. The van der Waals surface area contributed by atoms with Crippen LogP contribution in [0, 0.1) is 15.5 Å². The fourth-order valence-corrected chi connectivity index (χ4v) is 4.19. The topological polar surface area (TPSA) is 115 Å². The fraction of sp³-hybridized carbons (Fsp3) is 0.538. The summed E-state index contributed by atoms with van der Waals surface area (Å²) in [7, 11) is -3.96. The van der Waals surface area contributed by atoms with E-state index in [1.807, 2.05) is 0 Å². The molecular formula is C13H19N3O4S. The molecule has 1 unspecified atom stereocenters. The van der Waals surface area contributed by atoms with Gasteiger partial charge in [0.2, 0.25) is 10.0 Å². The summed E-state index contributed by atoms with van der Waals surface area (Å²) in [4.78, 5) is 9.90. The zero-order valence-corrected chi connectivity index (χ0v) is 12.8. The Hall–Kier alpha value is -1.67. The minimum absolute atomic E-state index is 0.0782. The van der Waals surface area contributed by atoms with Gasteiger partial charge in [0.1, 0.15) is 0 Å². The van der Waals surface area contributed by atoms with Crippen molar-refractivity contribution in [1.82, 2.24) is 4.72 Å². The van der Waals surface area contributed by atoms with Crippen molar-refractivity contribution < 1.29 is 13.3 Å². The van der Waals surface area contributed by atoms with Crippen molar-refractivity contribution in [3.05, 3.63) is 28.3 Å². The highest BCUT2D eigenvalue weighted by Crippen LogP contribution is 2.38. The molecule has 8 heteroatoms. The van der Waals surface area contributed by atoms with Crippen LogP contribution in [0.25, 0.3) is 0 Å². The maximum Gasteiger partial charge on any atom is 0.289 e. The van der Waals surface area contributed by atoms with Crippen molar-refractivity contribution in [1.29, 1.82) is 0 Å². The Morgan fingerprint density at radius 2 is 2.10 bits per heavy atom. The van der Waals surface area contributed by atoms with Gasteiger partial charge in [-0.1, -0.05) is 13.8 Å². The summed E-state index contributed by atoms with van der Waals surface area (Å²) in [5.74, 6) is 0. The first-order valence-corrected chi connectivity index (χ1v) is 8.15. The Bertz CT molecular complexity index is 670. The number of benzene rings is 1. The van der Waals surface area contributed by atoms with Crippen LogP contribution >= 0.6 is 0 Å². The number of nitrogen functional groups attached to an aromatic ring is 1. The van der Waals surface area contributed by atoms with E-state index in [0.29, 0.717) is 6.42 Å². The number of hydrogen-bond acceptors (Lipinski definition) is 5. The molecule has 0 aromatic heterocycles. The first kappa shape index (κ1) is 15.7. The van der Waals surface area contributed by atoms with Crippen LogP contribution in [0.4, 0.5) is 11.4 Å². The van der Waals surface area contributed by atoms with Crippen molar-refractivity contribution in [3.63, 3.8) is 0 Å². The van der Waals surface area contributed by atoms with E-state index in [4.69, 9.17) is 5.73 Å². The van der Waals surface area contributed by atoms with Gasteiger partial charge in [0.05, 0.1) is 4.92 Å². The van der Waals surface area contributed by atoms with E-state index in [1.54, 1.807) is 0 Å². The molecule has 0 radical (unpaired) electrons. The molecule has 0 spiro atoms. The maximum atomic E-state index is 12.4. The Morgan fingerprint density at radius 1 is 1.43 bits per heavy atom. The number of nitro groups is 1. The van der Waals surface area contributed by atoms with E-state index >= 15 is 0 Å². The third-order valence-corrected chi connectivity index (χ3v) is 5.31. The van der Waals surface area contributed by atoms with E-state index < -0.39 is 20.6 Å². The minimum Gasteiger partial charge on any atom is -0.399 e. The average Bonchev–Trinajstić information content (AvgIpc) is 2.67. The van der Waals surface area contributed by atoms with Gasteiger partial charge >= 0.3 is 0 Å². The molecule has 0 amide bonds. The zero-order chi connectivity index (χ0) is 15.8. The summed E-state index contributed by atoms with van der Waals surface area (Å²) in [6.45, 7) is 4.15. The number of nitrogens with two attached hydrogens (primary N) is 1. The molecule has 0 saturated heterocycles. The SMILES string of the molecule is CC1(C)CCC(NS(=O)(=O)c2cc(N)ccc2[N+](=O)[O-])C1. The summed E-state index contributed by atoms with van der Waals surface area (Å²) in [6.07, 6.45) is 2.35. The molecular weight excluding hydrogens is 294 g/mol. The van der Waals surface area contributed by atoms with Crippen LogP contribution < -0.4 is 10.5 Å². The van der Waals surface area contributed by atoms with E-state index in [1.165, 1.54) is 6.07 Å².